The first kappa shape index (κ1) is 12.6. The van der Waals surface area contributed by atoms with Crippen molar-refractivity contribution in [1.82, 2.24) is 4.98 Å². The van der Waals surface area contributed by atoms with Crippen LogP contribution in [0.15, 0.2) is 24.4 Å². The minimum atomic E-state index is -0.0908. The van der Waals surface area contributed by atoms with Gasteiger partial charge in [-0.15, -0.1) is 0 Å². The van der Waals surface area contributed by atoms with E-state index in [-0.39, 0.29) is 11.9 Å². The van der Waals surface area contributed by atoms with Gasteiger partial charge in [0.15, 0.2) is 0 Å². The zero-order valence-corrected chi connectivity index (χ0v) is 10.6. The van der Waals surface area contributed by atoms with E-state index >= 15 is 0 Å². The molecule has 1 aromatic rings. The van der Waals surface area contributed by atoms with Crippen LogP contribution in [0.2, 0.25) is 0 Å². The molecule has 1 aromatic heterocycles. The lowest BCUT2D eigenvalue weighted by atomic mass is 9.87. The number of nitrogen functional groups attached to an aromatic ring is 1. The highest BCUT2D eigenvalue weighted by atomic mass is 16.5. The fourth-order valence-corrected chi connectivity index (χ4v) is 2.24. The van der Waals surface area contributed by atoms with Crippen molar-refractivity contribution in [3.63, 3.8) is 0 Å². The van der Waals surface area contributed by atoms with Crippen molar-refractivity contribution in [1.29, 1.82) is 0 Å². The minimum Gasteiger partial charge on any atom is -0.466 e. The van der Waals surface area contributed by atoms with Crippen molar-refractivity contribution in [2.45, 2.75) is 26.2 Å². The van der Waals surface area contributed by atoms with E-state index in [1.807, 2.05) is 19.1 Å². The Bertz CT molecular complexity index is 469. The number of pyridine rings is 1. The third kappa shape index (κ3) is 2.70. The van der Waals surface area contributed by atoms with E-state index in [0.29, 0.717) is 12.4 Å². The Morgan fingerprint density at radius 2 is 2.44 bits per heavy atom. The molecule has 2 rings (SSSR count). The van der Waals surface area contributed by atoms with Gasteiger partial charge < -0.3 is 10.5 Å². The van der Waals surface area contributed by atoms with Gasteiger partial charge in [-0.1, -0.05) is 6.08 Å². The molecule has 0 spiro atoms. The van der Waals surface area contributed by atoms with E-state index in [2.05, 4.69) is 11.1 Å². The average Bonchev–Trinajstić information content (AvgIpc) is 2.40. The van der Waals surface area contributed by atoms with Crippen LogP contribution < -0.4 is 5.73 Å². The molecule has 0 bridgehead atoms. The van der Waals surface area contributed by atoms with Crippen molar-refractivity contribution in [2.75, 3.05) is 12.3 Å². The second kappa shape index (κ2) is 5.67. The second-order valence-electron chi connectivity index (χ2n) is 4.39. The van der Waals surface area contributed by atoms with Gasteiger partial charge in [0.2, 0.25) is 0 Å². The summed E-state index contributed by atoms with van der Waals surface area (Å²) in [4.78, 5) is 15.7. The summed E-state index contributed by atoms with van der Waals surface area (Å²) in [5.41, 5.74) is 8.02. The highest BCUT2D eigenvalue weighted by molar-refractivity contribution is 5.77. The van der Waals surface area contributed by atoms with Gasteiger partial charge in [0, 0.05) is 11.8 Å². The molecule has 0 radical (unpaired) electrons. The van der Waals surface area contributed by atoms with Gasteiger partial charge in [-0.3, -0.25) is 4.79 Å². The summed E-state index contributed by atoms with van der Waals surface area (Å²) in [6.07, 6.45) is 6.16. The molecule has 18 heavy (non-hydrogen) atoms. The maximum atomic E-state index is 11.6. The summed E-state index contributed by atoms with van der Waals surface area (Å²) in [7, 11) is 0. The molecule has 0 fully saturated rings. The first-order valence-electron chi connectivity index (χ1n) is 6.29. The van der Waals surface area contributed by atoms with E-state index in [4.69, 9.17) is 10.5 Å². The number of nitrogens with zero attached hydrogens (tertiary/aromatic N) is 1. The molecule has 1 atom stereocenters. The Morgan fingerprint density at radius 3 is 3.06 bits per heavy atom. The fraction of sp³-hybridized carbons (Fsp3) is 0.429. The Balaban J connectivity index is 2.07. The third-order valence-electron chi connectivity index (χ3n) is 3.22. The molecule has 4 heteroatoms. The molecular formula is C14H18N2O2. The smallest absolute Gasteiger partial charge is 0.309 e. The van der Waals surface area contributed by atoms with Crippen molar-refractivity contribution in [2.24, 2.45) is 5.92 Å². The maximum absolute atomic E-state index is 11.6. The average molecular weight is 246 g/mol. The van der Waals surface area contributed by atoms with Crippen LogP contribution in [0.1, 0.15) is 31.7 Å². The predicted octanol–water partition coefficient (Wildman–Crippen LogP) is 2.41. The van der Waals surface area contributed by atoms with Crippen molar-refractivity contribution >= 4 is 17.4 Å². The second-order valence-corrected chi connectivity index (χ2v) is 4.39. The van der Waals surface area contributed by atoms with Gasteiger partial charge in [0.1, 0.15) is 5.82 Å². The quantitative estimate of drug-likeness (QED) is 0.832. The Kier molecular flexibility index (Phi) is 3.97. The molecule has 0 aliphatic heterocycles. The zero-order valence-electron chi connectivity index (χ0n) is 10.6. The molecule has 0 saturated heterocycles. The van der Waals surface area contributed by atoms with Gasteiger partial charge in [0.05, 0.1) is 12.5 Å². The number of rotatable bonds is 3. The predicted molar refractivity (Wildman–Crippen MR) is 70.6 cm³/mol. The first-order chi connectivity index (χ1) is 8.72. The molecule has 1 aliphatic rings. The summed E-state index contributed by atoms with van der Waals surface area (Å²) in [6.45, 7) is 2.28. The highest BCUT2D eigenvalue weighted by Crippen LogP contribution is 2.32. The molecular weight excluding hydrogens is 228 g/mol. The van der Waals surface area contributed by atoms with Crippen LogP contribution in [0.25, 0.3) is 5.57 Å². The summed E-state index contributed by atoms with van der Waals surface area (Å²) in [5, 5.41) is 0. The number of nitrogens with two attached hydrogens (primary N) is 1. The molecule has 0 amide bonds. The third-order valence-corrected chi connectivity index (χ3v) is 3.22. The van der Waals surface area contributed by atoms with Crippen LogP contribution >= 0.6 is 0 Å². The Morgan fingerprint density at radius 1 is 1.61 bits per heavy atom. The Labute approximate surface area is 107 Å². The van der Waals surface area contributed by atoms with Gasteiger partial charge in [-0.05, 0) is 43.9 Å². The number of hydrogen-bond donors (Lipinski definition) is 1. The largest absolute Gasteiger partial charge is 0.466 e. The lowest BCUT2D eigenvalue weighted by Gasteiger charge is -2.21. The van der Waals surface area contributed by atoms with E-state index in [1.54, 1.807) is 6.20 Å². The number of anilines is 1. The van der Waals surface area contributed by atoms with Crippen LogP contribution in [-0.4, -0.2) is 17.6 Å². The summed E-state index contributed by atoms with van der Waals surface area (Å²) < 4.78 is 5.04. The number of hydrogen-bond acceptors (Lipinski definition) is 4. The first-order valence-corrected chi connectivity index (χ1v) is 6.29. The standard InChI is InChI=1S/C14H18N2O2/c1-2-18-14(17)11-7-5-10(6-8-11)12-4-3-9-16-13(12)15/h3-5,9,11H,2,6-8H2,1H3,(H2,15,16)/t11-/m1/s1. The van der Waals surface area contributed by atoms with Gasteiger partial charge >= 0.3 is 5.97 Å². The zero-order chi connectivity index (χ0) is 13.0. The fourth-order valence-electron chi connectivity index (χ4n) is 2.24. The molecule has 96 valence electrons. The molecule has 0 unspecified atom stereocenters. The van der Waals surface area contributed by atoms with Gasteiger partial charge in [-0.2, -0.15) is 0 Å². The van der Waals surface area contributed by atoms with E-state index in [9.17, 15) is 4.79 Å². The normalized spacial score (nSPS) is 19.2. The number of esters is 1. The van der Waals surface area contributed by atoms with Crippen LogP contribution in [-0.2, 0) is 9.53 Å². The summed E-state index contributed by atoms with van der Waals surface area (Å²) in [6, 6.07) is 3.85. The molecule has 4 nitrogen and oxygen atoms in total. The van der Waals surface area contributed by atoms with Crippen molar-refractivity contribution in [3.8, 4) is 0 Å². The highest BCUT2D eigenvalue weighted by Gasteiger charge is 2.23. The Hall–Kier alpha value is -1.84. The molecule has 1 aliphatic carbocycles. The van der Waals surface area contributed by atoms with Crippen molar-refractivity contribution in [3.05, 3.63) is 30.0 Å². The molecule has 1 heterocycles. The van der Waals surface area contributed by atoms with Gasteiger partial charge in [0.25, 0.3) is 0 Å². The molecule has 2 N–H and O–H groups in total. The van der Waals surface area contributed by atoms with Crippen LogP contribution in [0.3, 0.4) is 0 Å². The molecule has 0 aromatic carbocycles. The lowest BCUT2D eigenvalue weighted by molar-refractivity contribution is -0.148. The lowest BCUT2D eigenvalue weighted by Crippen LogP contribution is -2.19. The van der Waals surface area contributed by atoms with Crippen LogP contribution in [0, 0.1) is 5.92 Å². The van der Waals surface area contributed by atoms with E-state index in [1.165, 1.54) is 5.57 Å². The number of carbonyl (C=O) groups is 1. The van der Waals surface area contributed by atoms with E-state index < -0.39 is 0 Å². The SMILES string of the molecule is CCOC(=O)[C@@H]1CC=C(c2cccnc2N)CC1. The van der Waals surface area contributed by atoms with E-state index in [0.717, 1.165) is 24.8 Å². The maximum Gasteiger partial charge on any atom is 0.309 e. The van der Waals surface area contributed by atoms with Gasteiger partial charge in [-0.25, -0.2) is 4.98 Å². The van der Waals surface area contributed by atoms with Crippen molar-refractivity contribution < 1.29 is 9.53 Å². The minimum absolute atomic E-state index is 0.00778. The van der Waals surface area contributed by atoms with Crippen LogP contribution in [0.4, 0.5) is 5.82 Å². The number of ether oxygens (including phenoxy) is 1. The monoisotopic (exact) mass is 246 g/mol. The summed E-state index contributed by atoms with van der Waals surface area (Å²) in [5.74, 6) is 0.455. The van der Waals surface area contributed by atoms with Crippen LogP contribution in [0.5, 0.6) is 0 Å². The number of allylic oxidation sites excluding steroid dienone is 2. The summed E-state index contributed by atoms with van der Waals surface area (Å²) >= 11 is 0. The number of carbonyl (C=O) groups excluding carboxylic acids is 1. The topological polar surface area (TPSA) is 65.2 Å². The molecule has 0 saturated carbocycles. The number of aromatic nitrogens is 1.